The number of amidine groups is 2. The van der Waals surface area contributed by atoms with Crippen molar-refractivity contribution in [2.24, 2.45) is 10.7 Å². The van der Waals surface area contributed by atoms with E-state index in [0.717, 1.165) is 59.3 Å². The maximum Gasteiger partial charge on any atom is 0.396 e. The van der Waals surface area contributed by atoms with Gasteiger partial charge in [-0.25, -0.2) is 9.79 Å². The van der Waals surface area contributed by atoms with Gasteiger partial charge >= 0.3 is 11.9 Å². The molecule has 1 amide bonds. The number of esters is 1. The summed E-state index contributed by atoms with van der Waals surface area (Å²) in [6, 6.07) is 19.2. The Labute approximate surface area is 222 Å². The lowest BCUT2D eigenvalue weighted by Crippen LogP contribution is -2.40. The summed E-state index contributed by atoms with van der Waals surface area (Å²) in [5, 5.41) is 12.3. The number of nitrogens with zero attached hydrogens (tertiary/aromatic N) is 2. The largest absolute Gasteiger partial charge is 0.490 e. The maximum atomic E-state index is 11.8. The quantitative estimate of drug-likeness (QED) is 0.189. The predicted molar refractivity (Wildman–Crippen MR) is 148 cm³/mol. The number of carbonyl (C=O) groups excluding carboxylic acids is 2. The molecule has 4 N–H and O–H groups in total. The fourth-order valence-electron chi connectivity index (χ4n) is 4.32. The van der Waals surface area contributed by atoms with Gasteiger partial charge in [0.25, 0.3) is 0 Å². The second-order valence-electron chi connectivity index (χ2n) is 9.18. The topological polar surface area (TPSA) is 130 Å². The van der Waals surface area contributed by atoms with E-state index in [-0.39, 0.29) is 19.3 Å². The number of ether oxygens (including phenoxy) is 2. The van der Waals surface area contributed by atoms with E-state index in [0.29, 0.717) is 11.7 Å². The number of likely N-dealkylation sites (tertiary alicyclic amines) is 1. The number of nitrogens with one attached hydrogen (secondary N) is 2. The van der Waals surface area contributed by atoms with E-state index in [2.05, 4.69) is 15.2 Å². The summed E-state index contributed by atoms with van der Waals surface area (Å²) in [4.78, 5) is 30.0. The van der Waals surface area contributed by atoms with Gasteiger partial charge in [-0.15, -0.1) is 0 Å². The SMILES string of the molecule is CCOC(=O)C(=O)NCc1ccc2ccc(C(N)=Nc3ccc(OC4CCN(C(C)=N)CC4)cc3)cc2c1. The van der Waals surface area contributed by atoms with Crippen molar-refractivity contribution in [1.29, 1.82) is 5.41 Å². The lowest BCUT2D eigenvalue weighted by molar-refractivity contribution is -0.154. The van der Waals surface area contributed by atoms with Gasteiger partial charge in [-0.05, 0) is 66.6 Å². The first-order chi connectivity index (χ1) is 18.3. The zero-order chi connectivity index (χ0) is 27.1. The van der Waals surface area contributed by atoms with E-state index >= 15 is 0 Å². The van der Waals surface area contributed by atoms with E-state index in [4.69, 9.17) is 20.6 Å². The van der Waals surface area contributed by atoms with Crippen LogP contribution in [0.3, 0.4) is 0 Å². The molecule has 3 aromatic carbocycles. The Morgan fingerprint density at radius 3 is 2.45 bits per heavy atom. The lowest BCUT2D eigenvalue weighted by Gasteiger charge is -2.32. The summed E-state index contributed by atoms with van der Waals surface area (Å²) >= 11 is 0. The van der Waals surface area contributed by atoms with Crippen LogP contribution >= 0.6 is 0 Å². The zero-order valence-electron chi connectivity index (χ0n) is 21.7. The van der Waals surface area contributed by atoms with Crippen molar-refractivity contribution in [3.63, 3.8) is 0 Å². The van der Waals surface area contributed by atoms with E-state index in [9.17, 15) is 9.59 Å². The molecule has 198 valence electrons. The molecule has 0 bridgehead atoms. The Bertz CT molecular complexity index is 1340. The van der Waals surface area contributed by atoms with Crippen molar-refractivity contribution < 1.29 is 19.1 Å². The number of rotatable bonds is 7. The molecule has 0 aromatic heterocycles. The van der Waals surface area contributed by atoms with Crippen molar-refractivity contribution in [3.8, 4) is 5.75 Å². The molecule has 3 aromatic rings. The van der Waals surface area contributed by atoms with Crippen molar-refractivity contribution in [2.75, 3.05) is 19.7 Å². The van der Waals surface area contributed by atoms with E-state index < -0.39 is 11.9 Å². The molecule has 0 atom stereocenters. The molecule has 1 heterocycles. The molecule has 4 rings (SSSR count). The minimum atomic E-state index is -0.890. The van der Waals surface area contributed by atoms with Crippen molar-refractivity contribution in [2.45, 2.75) is 39.3 Å². The van der Waals surface area contributed by atoms with Gasteiger partial charge in [0.1, 0.15) is 17.7 Å². The number of amides is 1. The Kier molecular flexibility index (Phi) is 8.58. The third kappa shape index (κ3) is 6.88. The van der Waals surface area contributed by atoms with Crippen LogP contribution in [-0.4, -0.2) is 54.2 Å². The molecule has 9 nitrogen and oxygen atoms in total. The first-order valence-electron chi connectivity index (χ1n) is 12.7. The predicted octanol–water partition coefficient (Wildman–Crippen LogP) is 3.90. The van der Waals surface area contributed by atoms with Gasteiger partial charge in [0.15, 0.2) is 0 Å². The molecule has 1 fully saturated rings. The average Bonchev–Trinajstić information content (AvgIpc) is 2.92. The van der Waals surface area contributed by atoms with Crippen LogP contribution in [-0.2, 0) is 20.9 Å². The fourth-order valence-corrected chi connectivity index (χ4v) is 4.32. The normalized spacial score (nSPS) is 14.3. The molecule has 1 aliphatic rings. The lowest BCUT2D eigenvalue weighted by atomic mass is 10.0. The van der Waals surface area contributed by atoms with Crippen LogP contribution < -0.4 is 15.8 Å². The highest BCUT2D eigenvalue weighted by Gasteiger charge is 2.20. The smallest absolute Gasteiger partial charge is 0.396 e. The van der Waals surface area contributed by atoms with Gasteiger partial charge < -0.3 is 25.4 Å². The average molecular weight is 516 g/mol. The molecular weight excluding hydrogens is 482 g/mol. The molecular formula is C29H33N5O4. The molecule has 1 aliphatic heterocycles. The summed E-state index contributed by atoms with van der Waals surface area (Å²) in [6.07, 6.45) is 1.93. The van der Waals surface area contributed by atoms with Crippen LogP contribution in [0.25, 0.3) is 10.8 Å². The van der Waals surface area contributed by atoms with Gasteiger partial charge in [-0.2, -0.15) is 0 Å². The van der Waals surface area contributed by atoms with Crippen molar-refractivity contribution in [1.82, 2.24) is 10.2 Å². The number of aliphatic imine (C=N–C) groups is 1. The van der Waals surface area contributed by atoms with Crippen LogP contribution in [0, 0.1) is 5.41 Å². The summed E-state index contributed by atoms with van der Waals surface area (Å²) in [7, 11) is 0. The number of benzene rings is 3. The molecule has 0 unspecified atom stereocenters. The fraction of sp³-hybridized carbons (Fsp3) is 0.310. The molecule has 0 radical (unpaired) electrons. The summed E-state index contributed by atoms with van der Waals surface area (Å²) in [6.45, 7) is 5.51. The number of hydrogen-bond acceptors (Lipinski definition) is 6. The first kappa shape index (κ1) is 26.7. The van der Waals surface area contributed by atoms with Gasteiger partial charge in [0.05, 0.1) is 18.1 Å². The van der Waals surface area contributed by atoms with E-state index in [1.165, 1.54) is 0 Å². The highest BCUT2D eigenvalue weighted by molar-refractivity contribution is 6.32. The second-order valence-corrected chi connectivity index (χ2v) is 9.18. The van der Waals surface area contributed by atoms with Gasteiger partial charge in [-0.1, -0.05) is 24.3 Å². The number of piperidine rings is 1. The standard InChI is InChI=1S/C29H33N5O4/c1-3-37-29(36)28(35)32-18-20-4-5-21-6-7-22(17-23(21)16-20)27(31)33-24-8-10-25(11-9-24)38-26-12-14-34(15-13-26)19(2)30/h4-11,16-17,26,30H,3,12-15,18H2,1-2H3,(H2,31,33)(H,32,35). The summed E-state index contributed by atoms with van der Waals surface area (Å²) in [5.74, 6) is 0.127. The monoisotopic (exact) mass is 515 g/mol. The third-order valence-corrected chi connectivity index (χ3v) is 6.42. The first-order valence-corrected chi connectivity index (χ1v) is 12.7. The van der Waals surface area contributed by atoms with Crippen LogP contribution in [0.5, 0.6) is 5.75 Å². The van der Waals surface area contributed by atoms with Crippen LogP contribution in [0.15, 0.2) is 65.7 Å². The highest BCUT2D eigenvalue weighted by atomic mass is 16.5. The Balaban J connectivity index is 1.39. The number of hydrogen-bond donors (Lipinski definition) is 3. The van der Waals surface area contributed by atoms with Crippen LogP contribution in [0.2, 0.25) is 0 Å². The van der Waals surface area contributed by atoms with E-state index in [1.54, 1.807) is 6.92 Å². The van der Waals surface area contributed by atoms with Gasteiger partial charge in [0.2, 0.25) is 0 Å². The summed E-state index contributed by atoms with van der Waals surface area (Å²) < 4.78 is 10.8. The Morgan fingerprint density at radius 1 is 1.05 bits per heavy atom. The molecule has 0 aliphatic carbocycles. The number of carbonyl (C=O) groups is 2. The van der Waals surface area contributed by atoms with Crippen molar-refractivity contribution in [3.05, 3.63) is 71.8 Å². The van der Waals surface area contributed by atoms with Crippen molar-refractivity contribution >= 4 is 40.0 Å². The molecule has 1 saturated heterocycles. The minimum Gasteiger partial charge on any atom is -0.490 e. The highest BCUT2D eigenvalue weighted by Crippen LogP contribution is 2.24. The molecule has 0 spiro atoms. The van der Waals surface area contributed by atoms with Crippen LogP contribution in [0.1, 0.15) is 37.8 Å². The Hall–Kier alpha value is -4.40. The minimum absolute atomic E-state index is 0.144. The second kappa shape index (κ2) is 12.2. The Morgan fingerprint density at radius 2 is 1.76 bits per heavy atom. The number of fused-ring (bicyclic) bond motifs is 1. The summed E-state index contributed by atoms with van der Waals surface area (Å²) in [5.41, 5.74) is 8.67. The number of nitrogens with two attached hydrogens (primary N) is 1. The zero-order valence-corrected chi connectivity index (χ0v) is 21.7. The van der Waals surface area contributed by atoms with Crippen LogP contribution in [0.4, 0.5) is 5.69 Å². The molecule has 38 heavy (non-hydrogen) atoms. The van der Waals surface area contributed by atoms with Gasteiger partial charge in [-0.3, -0.25) is 10.2 Å². The maximum absolute atomic E-state index is 11.8. The third-order valence-electron chi connectivity index (χ3n) is 6.42. The molecule has 9 heteroatoms. The van der Waals surface area contributed by atoms with Gasteiger partial charge in [0, 0.05) is 38.0 Å². The molecule has 0 saturated carbocycles. The van der Waals surface area contributed by atoms with E-state index in [1.807, 2.05) is 67.6 Å².